The molecule has 1 heterocycles. The van der Waals surface area contributed by atoms with Crippen molar-refractivity contribution in [2.24, 2.45) is 0 Å². The molecule has 2 aromatic carbocycles. The van der Waals surface area contributed by atoms with E-state index in [1.165, 1.54) is 48.5 Å². The predicted octanol–water partition coefficient (Wildman–Crippen LogP) is 0.853. The van der Waals surface area contributed by atoms with Gasteiger partial charge in [-0.05, 0) is 42.5 Å². The van der Waals surface area contributed by atoms with E-state index in [4.69, 9.17) is 0 Å². The van der Waals surface area contributed by atoms with E-state index in [0.29, 0.717) is 5.69 Å². The average Bonchev–Trinajstić information content (AvgIpc) is 2.74. The molecule has 160 valence electrons. The van der Waals surface area contributed by atoms with Crippen molar-refractivity contribution >= 4 is 37.4 Å². The van der Waals surface area contributed by atoms with Crippen LogP contribution in [0.25, 0.3) is 0 Å². The second kappa shape index (κ2) is 8.54. The van der Waals surface area contributed by atoms with E-state index < -0.39 is 25.8 Å². The van der Waals surface area contributed by atoms with Crippen LogP contribution in [-0.2, 0) is 24.7 Å². The molecule has 3 rings (SSSR count). The van der Waals surface area contributed by atoms with Crippen LogP contribution in [0.4, 0.5) is 5.69 Å². The van der Waals surface area contributed by atoms with Gasteiger partial charge in [0, 0.05) is 24.3 Å². The molecule has 0 bridgehead atoms. The van der Waals surface area contributed by atoms with Crippen LogP contribution in [-0.4, -0.2) is 58.3 Å². The second-order valence-corrected chi connectivity index (χ2v) is 10.8. The lowest BCUT2D eigenvalue weighted by Gasteiger charge is -2.26. The molecule has 2 amide bonds. The van der Waals surface area contributed by atoms with Crippen LogP contribution in [0.5, 0.6) is 0 Å². The largest absolute Gasteiger partial charge is 0.354 e. The van der Waals surface area contributed by atoms with Crippen molar-refractivity contribution in [2.75, 3.05) is 30.7 Å². The fourth-order valence-corrected chi connectivity index (χ4v) is 5.21. The number of benzene rings is 2. The monoisotopic (exact) mass is 451 g/mol. The van der Waals surface area contributed by atoms with Gasteiger partial charge in [0.05, 0.1) is 22.1 Å². The normalized spacial score (nSPS) is 15.4. The Morgan fingerprint density at radius 1 is 1.07 bits per heavy atom. The average molecular weight is 452 g/mol. The van der Waals surface area contributed by atoms with Gasteiger partial charge in [0.25, 0.3) is 5.91 Å². The van der Waals surface area contributed by atoms with E-state index in [-0.39, 0.29) is 46.6 Å². The van der Waals surface area contributed by atoms with Crippen LogP contribution >= 0.6 is 0 Å². The number of rotatable bonds is 6. The lowest BCUT2D eigenvalue weighted by Crippen LogP contribution is -2.49. The van der Waals surface area contributed by atoms with Crippen LogP contribution in [0, 0.1) is 0 Å². The van der Waals surface area contributed by atoms with Gasteiger partial charge in [-0.25, -0.2) is 16.8 Å². The number of amides is 2. The van der Waals surface area contributed by atoms with E-state index in [2.05, 4.69) is 10.6 Å². The highest BCUT2D eigenvalue weighted by atomic mass is 32.2. The summed E-state index contributed by atoms with van der Waals surface area (Å²) < 4.78 is 50.4. The first kappa shape index (κ1) is 21.9. The standard InChI is InChI=1S/C19H21N3O6S2/c1-2-29(25,26)16-8-6-15(7-9-16)21-19(24)14-4-3-5-17(12-14)30(27,28)22-11-10-20-18(23)13-22/h3-9,12H,2,10-11,13H2,1H3,(H,20,23)(H,21,24). The maximum Gasteiger partial charge on any atom is 0.255 e. The molecule has 11 heteroatoms. The van der Waals surface area contributed by atoms with Crippen LogP contribution in [0.1, 0.15) is 17.3 Å². The highest BCUT2D eigenvalue weighted by molar-refractivity contribution is 7.91. The first-order valence-corrected chi connectivity index (χ1v) is 12.2. The molecule has 1 aliphatic rings. The highest BCUT2D eigenvalue weighted by Gasteiger charge is 2.29. The predicted molar refractivity (Wildman–Crippen MR) is 110 cm³/mol. The van der Waals surface area contributed by atoms with Crippen molar-refractivity contribution < 1.29 is 26.4 Å². The van der Waals surface area contributed by atoms with Crippen LogP contribution in [0.2, 0.25) is 0 Å². The fraction of sp³-hybridized carbons (Fsp3) is 0.263. The Bertz CT molecular complexity index is 1180. The molecule has 30 heavy (non-hydrogen) atoms. The number of nitrogens with zero attached hydrogens (tertiary/aromatic N) is 1. The number of sulfone groups is 1. The summed E-state index contributed by atoms with van der Waals surface area (Å²) >= 11 is 0. The number of anilines is 1. The van der Waals surface area contributed by atoms with E-state index in [9.17, 15) is 26.4 Å². The zero-order chi connectivity index (χ0) is 21.9. The minimum absolute atomic E-state index is 0.0291. The third kappa shape index (κ3) is 4.69. The summed E-state index contributed by atoms with van der Waals surface area (Å²) in [6.07, 6.45) is 0. The molecule has 0 aromatic heterocycles. The van der Waals surface area contributed by atoms with Crippen LogP contribution in [0.15, 0.2) is 58.3 Å². The van der Waals surface area contributed by atoms with Crippen LogP contribution < -0.4 is 10.6 Å². The first-order valence-electron chi connectivity index (χ1n) is 9.14. The minimum atomic E-state index is -3.92. The Morgan fingerprint density at radius 2 is 1.77 bits per heavy atom. The topological polar surface area (TPSA) is 130 Å². The summed E-state index contributed by atoms with van der Waals surface area (Å²) in [5.74, 6) is -0.958. The van der Waals surface area contributed by atoms with Gasteiger partial charge in [-0.1, -0.05) is 13.0 Å². The lowest BCUT2D eigenvalue weighted by molar-refractivity contribution is -0.122. The molecule has 0 atom stereocenters. The molecular formula is C19H21N3O6S2. The third-order valence-corrected chi connectivity index (χ3v) is 8.18. The molecule has 2 aromatic rings. The zero-order valence-electron chi connectivity index (χ0n) is 16.2. The van der Waals surface area contributed by atoms with E-state index in [1.807, 2.05) is 0 Å². The van der Waals surface area contributed by atoms with Gasteiger partial charge in [0.2, 0.25) is 15.9 Å². The van der Waals surface area contributed by atoms with Crippen molar-refractivity contribution in [1.29, 1.82) is 0 Å². The molecule has 1 aliphatic heterocycles. The van der Waals surface area contributed by atoms with Crippen molar-refractivity contribution in [3.8, 4) is 0 Å². The van der Waals surface area contributed by atoms with Crippen molar-refractivity contribution in [2.45, 2.75) is 16.7 Å². The Labute approximate surface area is 175 Å². The fourth-order valence-electron chi connectivity index (χ4n) is 2.88. The zero-order valence-corrected chi connectivity index (χ0v) is 17.8. The first-order chi connectivity index (χ1) is 14.1. The smallest absolute Gasteiger partial charge is 0.255 e. The highest BCUT2D eigenvalue weighted by Crippen LogP contribution is 2.20. The van der Waals surface area contributed by atoms with E-state index in [1.54, 1.807) is 6.92 Å². The molecule has 1 fully saturated rings. The van der Waals surface area contributed by atoms with Gasteiger partial charge < -0.3 is 10.6 Å². The Balaban J connectivity index is 1.79. The van der Waals surface area contributed by atoms with Gasteiger partial charge in [-0.3, -0.25) is 9.59 Å². The van der Waals surface area contributed by atoms with Crippen molar-refractivity contribution in [3.05, 3.63) is 54.1 Å². The molecule has 2 N–H and O–H groups in total. The van der Waals surface area contributed by atoms with Crippen molar-refractivity contribution in [1.82, 2.24) is 9.62 Å². The number of carbonyl (C=O) groups excluding carboxylic acids is 2. The summed E-state index contributed by atoms with van der Waals surface area (Å²) in [5.41, 5.74) is 0.485. The van der Waals surface area contributed by atoms with Crippen molar-refractivity contribution in [3.63, 3.8) is 0 Å². The quantitative estimate of drug-likeness (QED) is 0.670. The molecule has 0 radical (unpaired) electrons. The number of hydrogen-bond acceptors (Lipinski definition) is 6. The number of piperazine rings is 1. The summed E-state index contributed by atoms with van der Waals surface area (Å²) in [6, 6.07) is 11.3. The van der Waals surface area contributed by atoms with Gasteiger partial charge in [-0.15, -0.1) is 0 Å². The number of sulfonamides is 1. The summed E-state index contributed by atoms with van der Waals surface area (Å²) in [6.45, 7) is 1.65. The van der Waals surface area contributed by atoms with Gasteiger partial charge in [0.15, 0.2) is 9.84 Å². The SMILES string of the molecule is CCS(=O)(=O)c1ccc(NC(=O)c2cccc(S(=O)(=O)N3CCNC(=O)C3)c2)cc1. The van der Waals surface area contributed by atoms with E-state index >= 15 is 0 Å². The second-order valence-electron chi connectivity index (χ2n) is 6.60. The summed E-state index contributed by atoms with van der Waals surface area (Å²) in [5, 5.41) is 5.18. The summed E-state index contributed by atoms with van der Waals surface area (Å²) in [7, 11) is -7.27. The number of hydrogen-bond donors (Lipinski definition) is 2. The van der Waals surface area contributed by atoms with Gasteiger partial charge in [0.1, 0.15) is 0 Å². The van der Waals surface area contributed by atoms with Gasteiger partial charge in [-0.2, -0.15) is 4.31 Å². The number of nitrogens with one attached hydrogen (secondary N) is 2. The Kier molecular flexibility index (Phi) is 6.25. The number of carbonyl (C=O) groups is 2. The maximum absolute atomic E-state index is 12.8. The third-order valence-electron chi connectivity index (χ3n) is 4.59. The Hall–Kier alpha value is -2.76. The Morgan fingerprint density at radius 3 is 2.40 bits per heavy atom. The molecule has 9 nitrogen and oxygen atoms in total. The van der Waals surface area contributed by atoms with Crippen LogP contribution in [0.3, 0.4) is 0 Å². The molecule has 0 spiro atoms. The molecule has 0 aliphatic carbocycles. The minimum Gasteiger partial charge on any atom is -0.354 e. The molecule has 0 unspecified atom stereocenters. The maximum atomic E-state index is 12.8. The summed E-state index contributed by atoms with van der Waals surface area (Å²) in [4.78, 5) is 24.1. The van der Waals surface area contributed by atoms with E-state index in [0.717, 1.165) is 4.31 Å². The van der Waals surface area contributed by atoms with Gasteiger partial charge >= 0.3 is 0 Å². The molecule has 0 saturated carbocycles. The molecule has 1 saturated heterocycles. The molecular weight excluding hydrogens is 430 g/mol. The lowest BCUT2D eigenvalue weighted by atomic mass is 10.2.